The Bertz CT molecular complexity index is 1310. The quantitative estimate of drug-likeness (QED) is 0.333. The van der Waals surface area contributed by atoms with Crippen molar-refractivity contribution in [1.29, 1.82) is 0 Å². The van der Waals surface area contributed by atoms with Gasteiger partial charge in [0.15, 0.2) is 10.7 Å². The highest BCUT2D eigenvalue weighted by Gasteiger charge is 2.13. The van der Waals surface area contributed by atoms with Crippen LogP contribution in [0.2, 0.25) is 10.0 Å². The second-order valence-corrected chi connectivity index (χ2v) is 8.37. The zero-order chi connectivity index (χ0) is 22.1. The Morgan fingerprint density at radius 2 is 1.77 bits per heavy atom. The Morgan fingerprint density at radius 1 is 1.03 bits per heavy atom. The van der Waals surface area contributed by atoms with Crippen LogP contribution in [0.3, 0.4) is 0 Å². The molecule has 1 aromatic heterocycles. The molecule has 0 bridgehead atoms. The van der Waals surface area contributed by atoms with E-state index in [2.05, 4.69) is 15.6 Å². The molecule has 8 heteroatoms. The zero-order valence-corrected chi connectivity index (χ0v) is 19.0. The topological polar surface area (TPSA) is 67.2 Å². The van der Waals surface area contributed by atoms with Gasteiger partial charge in [0, 0.05) is 21.8 Å². The van der Waals surface area contributed by atoms with Gasteiger partial charge in [-0.05, 0) is 68.5 Å². The van der Waals surface area contributed by atoms with Crippen LogP contribution in [0.25, 0.3) is 22.6 Å². The zero-order valence-electron chi connectivity index (χ0n) is 16.6. The van der Waals surface area contributed by atoms with Crippen molar-refractivity contribution in [3.8, 4) is 11.5 Å². The minimum absolute atomic E-state index is 0.189. The molecule has 5 nitrogen and oxygen atoms in total. The van der Waals surface area contributed by atoms with Crippen LogP contribution in [-0.4, -0.2) is 16.0 Å². The monoisotopic (exact) mass is 469 g/mol. The number of carbonyl (C=O) groups excluding carboxylic acids is 1. The first-order valence-electron chi connectivity index (χ1n) is 9.35. The number of fused-ring (bicyclic) bond motifs is 1. The molecule has 0 radical (unpaired) electrons. The number of nitrogens with one attached hydrogen (secondary N) is 2. The lowest BCUT2D eigenvalue weighted by Gasteiger charge is -2.11. The number of carbonyl (C=O) groups is 1. The van der Waals surface area contributed by atoms with Crippen molar-refractivity contribution in [2.45, 2.75) is 13.8 Å². The normalized spacial score (nSPS) is 10.8. The number of benzene rings is 3. The number of halogens is 2. The molecular weight excluding hydrogens is 453 g/mol. The number of amides is 1. The fourth-order valence-corrected chi connectivity index (χ4v) is 3.99. The summed E-state index contributed by atoms with van der Waals surface area (Å²) in [6.45, 7) is 3.89. The van der Waals surface area contributed by atoms with Crippen LogP contribution >= 0.6 is 35.4 Å². The van der Waals surface area contributed by atoms with E-state index in [9.17, 15) is 4.79 Å². The van der Waals surface area contributed by atoms with E-state index in [1.807, 2.05) is 56.3 Å². The second-order valence-electron chi connectivity index (χ2n) is 7.12. The van der Waals surface area contributed by atoms with Gasteiger partial charge in [-0.3, -0.25) is 10.1 Å². The molecule has 4 rings (SSSR count). The smallest absolute Gasteiger partial charge is 0.257 e. The minimum Gasteiger partial charge on any atom is -0.435 e. The van der Waals surface area contributed by atoms with Crippen molar-refractivity contribution < 1.29 is 9.21 Å². The summed E-state index contributed by atoms with van der Waals surface area (Å²) in [7, 11) is 0. The lowest BCUT2D eigenvalue weighted by Crippen LogP contribution is -2.34. The summed E-state index contributed by atoms with van der Waals surface area (Å²) in [6.07, 6.45) is 0. The Labute approximate surface area is 194 Å². The summed E-state index contributed by atoms with van der Waals surface area (Å²) in [5.41, 5.74) is 5.01. The van der Waals surface area contributed by atoms with Crippen molar-refractivity contribution in [2.24, 2.45) is 0 Å². The van der Waals surface area contributed by atoms with Gasteiger partial charge in [-0.25, -0.2) is 4.98 Å². The van der Waals surface area contributed by atoms with Crippen molar-refractivity contribution in [3.63, 3.8) is 0 Å². The SMILES string of the molecule is Cc1cc(C)cc(C(=O)NC(=S)Nc2cccc(-c3nc4cc(Cl)cc(Cl)c4o3)c2)c1. The highest BCUT2D eigenvalue weighted by atomic mass is 35.5. The van der Waals surface area contributed by atoms with E-state index >= 15 is 0 Å². The molecule has 4 aromatic rings. The van der Waals surface area contributed by atoms with E-state index < -0.39 is 0 Å². The summed E-state index contributed by atoms with van der Waals surface area (Å²) < 4.78 is 5.81. The lowest BCUT2D eigenvalue weighted by molar-refractivity contribution is 0.0977. The summed E-state index contributed by atoms with van der Waals surface area (Å²) in [5, 5.41) is 6.79. The summed E-state index contributed by atoms with van der Waals surface area (Å²) in [4.78, 5) is 17.0. The molecule has 0 atom stereocenters. The maximum absolute atomic E-state index is 12.5. The van der Waals surface area contributed by atoms with Crippen LogP contribution in [0.15, 0.2) is 59.0 Å². The number of thiocarbonyl (C=S) groups is 1. The van der Waals surface area contributed by atoms with Crippen LogP contribution in [-0.2, 0) is 0 Å². The molecule has 31 heavy (non-hydrogen) atoms. The molecule has 156 valence electrons. The molecule has 3 aromatic carbocycles. The van der Waals surface area contributed by atoms with Crippen LogP contribution in [0.4, 0.5) is 5.69 Å². The van der Waals surface area contributed by atoms with Crippen LogP contribution in [0.1, 0.15) is 21.5 Å². The number of aromatic nitrogens is 1. The predicted molar refractivity (Wildman–Crippen MR) is 129 cm³/mol. The summed E-state index contributed by atoms with van der Waals surface area (Å²) >= 11 is 17.5. The van der Waals surface area contributed by atoms with Gasteiger partial charge in [0.05, 0.1) is 5.02 Å². The third kappa shape index (κ3) is 4.88. The number of oxazole rings is 1. The van der Waals surface area contributed by atoms with E-state index in [-0.39, 0.29) is 11.0 Å². The maximum Gasteiger partial charge on any atom is 0.257 e. The summed E-state index contributed by atoms with van der Waals surface area (Å²) in [5.74, 6) is 0.124. The first kappa shape index (κ1) is 21.3. The maximum atomic E-state index is 12.5. The Balaban J connectivity index is 1.51. The number of nitrogens with zero attached hydrogens (tertiary/aromatic N) is 1. The Hall–Kier alpha value is -2.93. The van der Waals surface area contributed by atoms with Gasteiger partial charge in [0.1, 0.15) is 5.52 Å². The molecule has 0 saturated carbocycles. The van der Waals surface area contributed by atoms with Crippen molar-refractivity contribution in [2.75, 3.05) is 5.32 Å². The molecule has 0 spiro atoms. The van der Waals surface area contributed by atoms with Gasteiger partial charge < -0.3 is 9.73 Å². The van der Waals surface area contributed by atoms with Crippen LogP contribution in [0, 0.1) is 13.8 Å². The predicted octanol–water partition coefficient (Wildman–Crippen LogP) is 6.55. The second kappa shape index (κ2) is 8.67. The van der Waals surface area contributed by atoms with Crippen LogP contribution in [0.5, 0.6) is 0 Å². The van der Waals surface area contributed by atoms with E-state index in [0.717, 1.165) is 16.7 Å². The fraction of sp³-hybridized carbons (Fsp3) is 0.0870. The molecule has 2 N–H and O–H groups in total. The highest BCUT2D eigenvalue weighted by Crippen LogP contribution is 2.32. The van der Waals surface area contributed by atoms with Crippen LogP contribution < -0.4 is 10.6 Å². The van der Waals surface area contributed by atoms with E-state index in [4.69, 9.17) is 39.8 Å². The molecule has 0 fully saturated rings. The molecule has 0 aliphatic heterocycles. The standard InChI is InChI=1S/C23H17Cl2N3O2S/c1-12-6-13(2)8-15(7-12)21(29)28-23(31)26-17-5-3-4-14(9-17)22-27-19-11-16(24)10-18(25)20(19)30-22/h3-11H,1-2H3,(H2,26,28,29,31). The fourth-order valence-electron chi connectivity index (χ4n) is 3.26. The lowest BCUT2D eigenvalue weighted by atomic mass is 10.1. The van der Waals surface area contributed by atoms with E-state index in [1.165, 1.54) is 0 Å². The van der Waals surface area contributed by atoms with E-state index in [1.54, 1.807) is 12.1 Å². The van der Waals surface area contributed by atoms with Gasteiger partial charge in [-0.2, -0.15) is 0 Å². The number of rotatable bonds is 3. The number of aryl methyl sites for hydroxylation is 2. The Morgan fingerprint density at radius 3 is 2.52 bits per heavy atom. The Kier molecular flexibility index (Phi) is 5.96. The highest BCUT2D eigenvalue weighted by molar-refractivity contribution is 7.80. The van der Waals surface area contributed by atoms with Gasteiger partial charge in [0.2, 0.25) is 5.89 Å². The molecule has 1 amide bonds. The van der Waals surface area contributed by atoms with Gasteiger partial charge >= 0.3 is 0 Å². The first-order chi connectivity index (χ1) is 14.8. The summed E-state index contributed by atoms with van der Waals surface area (Å²) in [6, 6.07) is 16.3. The van der Waals surface area contributed by atoms with Crippen molar-refractivity contribution >= 4 is 63.2 Å². The minimum atomic E-state index is -0.272. The number of hydrogen-bond acceptors (Lipinski definition) is 4. The molecule has 0 aliphatic rings. The van der Waals surface area contributed by atoms with Gasteiger partial charge in [-0.15, -0.1) is 0 Å². The van der Waals surface area contributed by atoms with Gasteiger partial charge in [0.25, 0.3) is 5.91 Å². The third-order valence-electron chi connectivity index (χ3n) is 4.49. The molecule has 1 heterocycles. The average molecular weight is 470 g/mol. The molecule has 0 unspecified atom stereocenters. The largest absolute Gasteiger partial charge is 0.435 e. The van der Waals surface area contributed by atoms with Gasteiger partial charge in [-0.1, -0.05) is 46.5 Å². The van der Waals surface area contributed by atoms with Crippen molar-refractivity contribution in [3.05, 3.63) is 81.3 Å². The van der Waals surface area contributed by atoms with E-state index in [0.29, 0.717) is 38.3 Å². The first-order valence-corrected chi connectivity index (χ1v) is 10.5. The molecule has 0 saturated heterocycles. The third-order valence-corrected chi connectivity index (χ3v) is 5.19. The number of anilines is 1. The van der Waals surface area contributed by atoms with Crippen molar-refractivity contribution in [1.82, 2.24) is 10.3 Å². The molecular formula is C23H17Cl2N3O2S. The molecule has 0 aliphatic carbocycles. The average Bonchev–Trinajstić information content (AvgIpc) is 3.12. The number of hydrogen-bond donors (Lipinski definition) is 2.